The second kappa shape index (κ2) is 4.03. The smallest absolute Gasteiger partial charge is 0.274 e. The normalized spacial score (nSPS) is 19.4. The molecule has 3 rings (SSSR count). The zero-order valence-electron chi connectivity index (χ0n) is 9.01. The van der Waals surface area contributed by atoms with Crippen molar-refractivity contribution in [1.82, 2.24) is 15.1 Å². The second-order valence-corrected chi connectivity index (χ2v) is 3.86. The highest BCUT2D eigenvalue weighted by Gasteiger charge is 2.23. The minimum absolute atomic E-state index is 0.0575. The fraction of sp³-hybridized carbons (Fsp3) is 0.364. The van der Waals surface area contributed by atoms with E-state index in [1.54, 1.807) is 12.1 Å². The predicted molar refractivity (Wildman–Crippen MR) is 56.7 cm³/mol. The molecule has 1 saturated heterocycles. The molecule has 0 spiro atoms. The van der Waals surface area contributed by atoms with Gasteiger partial charge in [-0.1, -0.05) is 5.16 Å². The summed E-state index contributed by atoms with van der Waals surface area (Å²) in [7, 11) is 0. The summed E-state index contributed by atoms with van der Waals surface area (Å²) >= 11 is 0. The van der Waals surface area contributed by atoms with Gasteiger partial charge in [-0.25, -0.2) is 0 Å². The van der Waals surface area contributed by atoms with Gasteiger partial charge in [0.15, 0.2) is 0 Å². The maximum atomic E-state index is 8.71. The fourth-order valence-corrected chi connectivity index (χ4v) is 1.84. The summed E-state index contributed by atoms with van der Waals surface area (Å²) in [6.07, 6.45) is 1.89. The first-order chi connectivity index (χ1) is 8.36. The molecule has 1 aliphatic rings. The topological polar surface area (TPSA) is 87.7 Å². The van der Waals surface area contributed by atoms with Crippen LogP contribution in [0.5, 0.6) is 0 Å². The summed E-state index contributed by atoms with van der Waals surface area (Å²) in [5, 5.41) is 12.6. The number of nitrogens with zero attached hydrogens (tertiary/aromatic N) is 3. The summed E-state index contributed by atoms with van der Waals surface area (Å²) in [4.78, 5) is 7.15. The van der Waals surface area contributed by atoms with Crippen LogP contribution in [0.2, 0.25) is 0 Å². The fourth-order valence-electron chi connectivity index (χ4n) is 1.84. The van der Waals surface area contributed by atoms with Gasteiger partial charge in [0, 0.05) is 6.61 Å². The Morgan fingerprint density at radius 3 is 3.12 bits per heavy atom. The molecule has 6 nitrogen and oxygen atoms in total. The van der Waals surface area contributed by atoms with E-state index in [-0.39, 0.29) is 6.10 Å². The number of aromatic amines is 1. The van der Waals surface area contributed by atoms with Crippen LogP contribution in [0.15, 0.2) is 16.7 Å². The van der Waals surface area contributed by atoms with E-state index in [0.29, 0.717) is 23.1 Å². The number of hydrogen-bond acceptors (Lipinski definition) is 5. The quantitative estimate of drug-likeness (QED) is 0.849. The van der Waals surface area contributed by atoms with E-state index in [0.717, 1.165) is 19.4 Å². The number of rotatable bonds is 2. The van der Waals surface area contributed by atoms with Crippen LogP contribution in [0.25, 0.3) is 11.6 Å². The molecule has 17 heavy (non-hydrogen) atoms. The van der Waals surface area contributed by atoms with Crippen LogP contribution in [0.1, 0.15) is 30.5 Å². The van der Waals surface area contributed by atoms with Crippen molar-refractivity contribution in [1.29, 1.82) is 5.26 Å². The van der Waals surface area contributed by atoms with Crippen LogP contribution in [-0.2, 0) is 4.74 Å². The van der Waals surface area contributed by atoms with Crippen molar-refractivity contribution in [2.45, 2.75) is 18.9 Å². The van der Waals surface area contributed by atoms with Gasteiger partial charge in [-0.05, 0) is 25.0 Å². The third-order valence-electron chi connectivity index (χ3n) is 2.70. The molecule has 0 radical (unpaired) electrons. The van der Waals surface area contributed by atoms with Gasteiger partial charge in [0.05, 0.1) is 0 Å². The van der Waals surface area contributed by atoms with Crippen LogP contribution >= 0.6 is 0 Å². The van der Waals surface area contributed by atoms with E-state index in [2.05, 4.69) is 15.1 Å². The minimum atomic E-state index is -0.0575. The second-order valence-electron chi connectivity index (χ2n) is 3.86. The molecule has 1 atom stereocenters. The van der Waals surface area contributed by atoms with Crippen molar-refractivity contribution in [2.24, 2.45) is 0 Å². The van der Waals surface area contributed by atoms with Gasteiger partial charge >= 0.3 is 0 Å². The molecule has 2 aromatic heterocycles. The van der Waals surface area contributed by atoms with Crippen molar-refractivity contribution in [3.05, 3.63) is 23.7 Å². The zero-order chi connectivity index (χ0) is 11.7. The van der Waals surface area contributed by atoms with Crippen molar-refractivity contribution in [2.75, 3.05) is 6.61 Å². The zero-order valence-corrected chi connectivity index (χ0v) is 9.01. The van der Waals surface area contributed by atoms with E-state index < -0.39 is 0 Å². The molecule has 0 aliphatic carbocycles. The standard InChI is InChI=1S/C11H10N4O2/c12-6-7-3-4-8(13-7)11-14-10(15-17-11)9-2-1-5-16-9/h3-4,9,13H,1-2,5H2. The first kappa shape index (κ1) is 10.1. The molecular weight excluding hydrogens is 220 g/mol. The lowest BCUT2D eigenvalue weighted by Gasteiger charge is -2.00. The molecule has 1 unspecified atom stereocenters. The van der Waals surface area contributed by atoms with E-state index in [1.165, 1.54) is 0 Å². The number of hydrogen-bond donors (Lipinski definition) is 1. The van der Waals surface area contributed by atoms with Crippen LogP contribution < -0.4 is 0 Å². The van der Waals surface area contributed by atoms with Crippen molar-refractivity contribution in [3.8, 4) is 17.7 Å². The molecule has 0 bridgehead atoms. The third-order valence-corrected chi connectivity index (χ3v) is 2.70. The molecule has 1 fully saturated rings. The summed E-state index contributed by atoms with van der Waals surface area (Å²) in [6, 6.07) is 5.42. The molecule has 0 amide bonds. The number of nitrogens with one attached hydrogen (secondary N) is 1. The average molecular weight is 230 g/mol. The van der Waals surface area contributed by atoms with Crippen LogP contribution in [0.3, 0.4) is 0 Å². The van der Waals surface area contributed by atoms with Crippen LogP contribution in [0, 0.1) is 11.3 Å². The molecule has 0 saturated carbocycles. The van der Waals surface area contributed by atoms with Gasteiger partial charge < -0.3 is 14.2 Å². The first-order valence-electron chi connectivity index (χ1n) is 5.41. The molecule has 6 heteroatoms. The molecule has 2 aromatic rings. The molecule has 3 heterocycles. The molecule has 1 N–H and O–H groups in total. The summed E-state index contributed by atoms with van der Waals surface area (Å²) < 4.78 is 10.6. The highest BCUT2D eigenvalue weighted by molar-refractivity contribution is 5.49. The Bertz CT molecular complexity index is 560. The largest absolute Gasteiger partial charge is 0.370 e. The van der Waals surface area contributed by atoms with Gasteiger partial charge in [-0.2, -0.15) is 10.2 Å². The lowest BCUT2D eigenvalue weighted by molar-refractivity contribution is 0.103. The Balaban J connectivity index is 1.86. The van der Waals surface area contributed by atoms with Crippen LogP contribution in [0.4, 0.5) is 0 Å². The molecule has 1 aliphatic heterocycles. The monoisotopic (exact) mass is 230 g/mol. The summed E-state index contributed by atoms with van der Waals surface area (Å²) in [5.74, 6) is 0.961. The number of ether oxygens (including phenoxy) is 1. The summed E-state index contributed by atoms with van der Waals surface area (Å²) in [6.45, 7) is 0.746. The number of nitriles is 1. The number of aromatic nitrogens is 3. The highest BCUT2D eigenvalue weighted by Crippen LogP contribution is 2.27. The maximum absolute atomic E-state index is 8.71. The van der Waals surface area contributed by atoms with E-state index in [9.17, 15) is 0 Å². The Morgan fingerprint density at radius 2 is 2.41 bits per heavy atom. The van der Waals surface area contributed by atoms with Crippen molar-refractivity contribution < 1.29 is 9.26 Å². The van der Waals surface area contributed by atoms with Gasteiger partial charge in [-0.15, -0.1) is 0 Å². The van der Waals surface area contributed by atoms with Gasteiger partial charge in [0.1, 0.15) is 23.6 Å². The lowest BCUT2D eigenvalue weighted by Crippen LogP contribution is -1.97. The van der Waals surface area contributed by atoms with E-state index in [4.69, 9.17) is 14.5 Å². The van der Waals surface area contributed by atoms with Gasteiger partial charge in [-0.3, -0.25) is 0 Å². The average Bonchev–Trinajstić information content (AvgIpc) is 3.09. The Labute approximate surface area is 97.2 Å². The van der Waals surface area contributed by atoms with Crippen molar-refractivity contribution in [3.63, 3.8) is 0 Å². The van der Waals surface area contributed by atoms with Crippen molar-refractivity contribution >= 4 is 0 Å². The first-order valence-corrected chi connectivity index (χ1v) is 5.41. The minimum Gasteiger partial charge on any atom is -0.370 e. The van der Waals surface area contributed by atoms with Crippen LogP contribution in [-0.4, -0.2) is 21.7 Å². The number of H-pyrrole nitrogens is 1. The van der Waals surface area contributed by atoms with Gasteiger partial charge in [0.2, 0.25) is 5.82 Å². The summed E-state index contributed by atoms with van der Waals surface area (Å²) in [5.41, 5.74) is 1.12. The van der Waals surface area contributed by atoms with E-state index in [1.807, 2.05) is 6.07 Å². The maximum Gasteiger partial charge on any atom is 0.274 e. The van der Waals surface area contributed by atoms with E-state index >= 15 is 0 Å². The Morgan fingerprint density at radius 1 is 1.47 bits per heavy atom. The third kappa shape index (κ3) is 1.81. The molecular formula is C11H10N4O2. The molecule has 0 aromatic carbocycles. The SMILES string of the molecule is N#Cc1ccc(-c2nc(C3CCCO3)no2)[nH]1. The Kier molecular flexibility index (Phi) is 2.38. The predicted octanol–water partition coefficient (Wildman–Crippen LogP) is 1.79. The Hall–Kier alpha value is -2.13. The highest BCUT2D eigenvalue weighted by atomic mass is 16.5. The lowest BCUT2D eigenvalue weighted by atomic mass is 10.2. The molecule has 86 valence electrons. The van der Waals surface area contributed by atoms with Gasteiger partial charge in [0.25, 0.3) is 5.89 Å².